The van der Waals surface area contributed by atoms with Gasteiger partial charge in [-0.25, -0.2) is 0 Å². The summed E-state index contributed by atoms with van der Waals surface area (Å²) in [6.07, 6.45) is 3.66. The van der Waals surface area contributed by atoms with Crippen molar-refractivity contribution < 1.29 is 31.7 Å². The van der Waals surface area contributed by atoms with Crippen molar-refractivity contribution >= 4 is 27.3 Å². The van der Waals surface area contributed by atoms with Crippen molar-refractivity contribution in [2.75, 3.05) is 13.1 Å². The van der Waals surface area contributed by atoms with Crippen LogP contribution in [0.1, 0.15) is 36.8 Å². The number of rotatable bonds is 3. The number of nitro benzene ring substituents is 1. The molecule has 0 bridgehead atoms. The molecule has 2 aliphatic rings. The maximum Gasteiger partial charge on any atom is 0.269 e. The second-order valence-electron chi connectivity index (χ2n) is 7.06. The van der Waals surface area contributed by atoms with Crippen molar-refractivity contribution in [2.24, 2.45) is 0 Å². The van der Waals surface area contributed by atoms with Crippen molar-refractivity contribution in [3.05, 3.63) is 74.2 Å². The van der Waals surface area contributed by atoms with Crippen LogP contribution in [0.4, 0.5) is 5.69 Å². The number of nitrogens with zero attached hydrogens (tertiary/aromatic N) is 3. The second-order valence-corrected chi connectivity index (χ2v) is 7.97. The highest BCUT2D eigenvalue weighted by Gasteiger charge is 2.52. The van der Waals surface area contributed by atoms with Crippen molar-refractivity contribution in [1.29, 1.82) is 0 Å². The largest absolute Gasteiger partial charge is 1.00 e. The molecule has 0 aromatic heterocycles. The Hall–Kier alpha value is -1.77. The van der Waals surface area contributed by atoms with Crippen LogP contribution in [0.25, 0.3) is 0 Å². The minimum absolute atomic E-state index is 0. The van der Waals surface area contributed by atoms with E-state index in [1.807, 2.05) is 24.3 Å². The summed E-state index contributed by atoms with van der Waals surface area (Å²) in [5.41, 5.74) is 1.75. The molecule has 0 amide bonds. The van der Waals surface area contributed by atoms with Gasteiger partial charge >= 0.3 is 0 Å². The highest BCUT2D eigenvalue weighted by Crippen LogP contribution is 2.38. The number of non-ortho nitro benzene ring substituents is 1. The van der Waals surface area contributed by atoms with E-state index >= 15 is 0 Å². The molecule has 1 unspecified atom stereocenters. The third kappa shape index (κ3) is 3.73. The first-order chi connectivity index (χ1) is 13.0. The Morgan fingerprint density at radius 1 is 1.07 bits per heavy atom. The average molecular weight is 511 g/mol. The van der Waals surface area contributed by atoms with E-state index in [0.29, 0.717) is 6.42 Å². The SMILES string of the molecule is O=[N+]([O-])c1ccc(C2=[N+]3CCCCCN3C(O)(c3ccc(Br)cc3)C2)cc1.[Br-]. The molecule has 2 aromatic rings. The van der Waals surface area contributed by atoms with Gasteiger partial charge in [0.1, 0.15) is 0 Å². The number of hydrazone groups is 1. The van der Waals surface area contributed by atoms with Crippen LogP contribution < -0.4 is 17.0 Å². The Bertz CT molecular complexity index is 900. The van der Waals surface area contributed by atoms with Crippen molar-refractivity contribution in [1.82, 2.24) is 5.01 Å². The number of nitro groups is 1. The smallest absolute Gasteiger partial charge is 0.269 e. The van der Waals surface area contributed by atoms with Crippen LogP contribution in [0.2, 0.25) is 0 Å². The molecule has 1 N–H and O–H groups in total. The fourth-order valence-corrected chi connectivity index (χ4v) is 4.28. The summed E-state index contributed by atoms with van der Waals surface area (Å²) >= 11 is 3.45. The Morgan fingerprint density at radius 2 is 1.75 bits per heavy atom. The van der Waals surface area contributed by atoms with Crippen LogP contribution in [-0.4, -0.2) is 38.5 Å². The first-order valence-electron chi connectivity index (χ1n) is 9.13. The molecule has 0 aliphatic carbocycles. The maximum atomic E-state index is 11.7. The molecule has 0 saturated carbocycles. The zero-order valence-corrected chi connectivity index (χ0v) is 18.4. The van der Waals surface area contributed by atoms with E-state index in [0.717, 1.165) is 53.7 Å². The predicted octanol–water partition coefficient (Wildman–Crippen LogP) is 0.813. The number of fused-ring (bicyclic) bond motifs is 1. The highest BCUT2D eigenvalue weighted by atomic mass is 79.9. The number of hydrogen-bond donors (Lipinski definition) is 1. The third-order valence-corrected chi connectivity index (χ3v) is 5.93. The number of hydrazine groups is 1. The summed E-state index contributed by atoms with van der Waals surface area (Å²) in [5, 5.41) is 24.7. The summed E-state index contributed by atoms with van der Waals surface area (Å²) in [6.45, 7) is 1.62. The number of benzene rings is 2. The molecule has 8 heteroatoms. The van der Waals surface area contributed by atoms with Gasteiger partial charge in [0.15, 0.2) is 6.54 Å². The van der Waals surface area contributed by atoms with E-state index in [9.17, 15) is 15.2 Å². The van der Waals surface area contributed by atoms with Crippen LogP contribution in [-0.2, 0) is 5.72 Å². The molecule has 0 radical (unpaired) electrons. The molecule has 148 valence electrons. The molecular weight excluding hydrogens is 490 g/mol. The molecule has 2 aliphatic heterocycles. The molecule has 1 saturated heterocycles. The summed E-state index contributed by atoms with van der Waals surface area (Å²) in [6, 6.07) is 14.4. The first kappa shape index (κ1) is 21.0. The average Bonchev–Trinajstić information content (AvgIpc) is 2.82. The minimum Gasteiger partial charge on any atom is -1.00 e. The Morgan fingerprint density at radius 3 is 2.39 bits per heavy atom. The van der Waals surface area contributed by atoms with Gasteiger partial charge in [-0.15, -0.1) is 9.69 Å². The quantitative estimate of drug-likeness (QED) is 0.377. The first-order valence-corrected chi connectivity index (χ1v) is 9.92. The maximum absolute atomic E-state index is 11.7. The van der Waals surface area contributed by atoms with Crippen molar-refractivity contribution in [3.63, 3.8) is 0 Å². The van der Waals surface area contributed by atoms with E-state index in [1.54, 1.807) is 12.1 Å². The predicted molar refractivity (Wildman–Crippen MR) is 106 cm³/mol. The van der Waals surface area contributed by atoms with E-state index in [2.05, 4.69) is 25.6 Å². The van der Waals surface area contributed by atoms with Gasteiger partial charge < -0.3 is 22.1 Å². The Kier molecular flexibility index (Phi) is 6.21. The number of halogens is 2. The normalized spacial score (nSPS) is 21.7. The standard InChI is InChI=1S/C20H21BrN3O3.BrH/c21-17-8-6-16(7-9-17)20(25)14-19(22-12-2-1-3-13-23(20)22)15-4-10-18(11-5-15)24(26)27;/h4-11,25H,1-3,12-14H2;1H/q+1;/p-1. The molecule has 2 heterocycles. The molecule has 28 heavy (non-hydrogen) atoms. The Labute approximate surface area is 182 Å². The van der Waals surface area contributed by atoms with Crippen molar-refractivity contribution in [3.8, 4) is 0 Å². The topological polar surface area (TPSA) is 69.6 Å². The molecule has 0 spiro atoms. The lowest BCUT2D eigenvalue weighted by atomic mass is 9.94. The van der Waals surface area contributed by atoms with Gasteiger partial charge in [-0.05, 0) is 37.1 Å². The molecule has 2 aromatic carbocycles. The van der Waals surface area contributed by atoms with E-state index < -0.39 is 5.72 Å². The molecule has 1 atom stereocenters. The monoisotopic (exact) mass is 509 g/mol. The van der Waals surface area contributed by atoms with Gasteiger partial charge in [0.2, 0.25) is 11.4 Å². The lowest BCUT2D eigenvalue weighted by molar-refractivity contribution is -0.706. The van der Waals surface area contributed by atoms with Crippen LogP contribution in [0.5, 0.6) is 0 Å². The zero-order chi connectivity index (χ0) is 19.0. The van der Waals surface area contributed by atoms with Gasteiger partial charge in [-0.3, -0.25) is 10.1 Å². The summed E-state index contributed by atoms with van der Waals surface area (Å²) in [5.74, 6) is 0. The number of hydrogen-bond acceptors (Lipinski definition) is 4. The van der Waals surface area contributed by atoms with Gasteiger partial charge in [0.25, 0.3) is 5.69 Å². The molecular formula is C20H21Br2N3O3. The second kappa shape index (κ2) is 8.31. The van der Waals surface area contributed by atoms with E-state index in [4.69, 9.17) is 0 Å². The third-order valence-electron chi connectivity index (χ3n) is 5.40. The lowest BCUT2D eigenvalue weighted by Crippen LogP contribution is -3.00. The van der Waals surface area contributed by atoms with Crippen LogP contribution in [0, 0.1) is 10.1 Å². The molecule has 1 fully saturated rings. The van der Waals surface area contributed by atoms with Gasteiger partial charge in [-0.2, -0.15) is 0 Å². The minimum atomic E-state index is -1.11. The van der Waals surface area contributed by atoms with Gasteiger partial charge in [0.05, 0.1) is 17.9 Å². The lowest BCUT2D eigenvalue weighted by Gasteiger charge is -2.30. The summed E-state index contributed by atoms with van der Waals surface area (Å²) < 4.78 is 3.15. The van der Waals surface area contributed by atoms with E-state index in [1.165, 1.54) is 12.1 Å². The molecule has 4 rings (SSSR count). The fourth-order valence-electron chi connectivity index (χ4n) is 4.02. The zero-order valence-electron chi connectivity index (χ0n) is 15.2. The number of aliphatic hydroxyl groups is 1. The van der Waals surface area contributed by atoms with Gasteiger partial charge in [0, 0.05) is 34.2 Å². The van der Waals surface area contributed by atoms with Gasteiger partial charge in [-0.1, -0.05) is 28.1 Å². The molecule has 6 nitrogen and oxygen atoms in total. The van der Waals surface area contributed by atoms with Crippen LogP contribution in [0.3, 0.4) is 0 Å². The highest BCUT2D eigenvalue weighted by molar-refractivity contribution is 9.10. The van der Waals surface area contributed by atoms with Crippen LogP contribution in [0.15, 0.2) is 53.0 Å². The Balaban J connectivity index is 0.00000225. The summed E-state index contributed by atoms with van der Waals surface area (Å²) in [7, 11) is 0. The van der Waals surface area contributed by atoms with E-state index in [-0.39, 0.29) is 27.6 Å². The fraction of sp³-hybridized carbons (Fsp3) is 0.350. The summed E-state index contributed by atoms with van der Waals surface area (Å²) in [4.78, 5) is 10.6. The van der Waals surface area contributed by atoms with Crippen LogP contribution >= 0.6 is 15.9 Å². The van der Waals surface area contributed by atoms with Crippen molar-refractivity contribution in [2.45, 2.75) is 31.4 Å².